The maximum Gasteiger partial charge on any atom is 0.234 e. The first kappa shape index (κ1) is 19.8. The van der Waals surface area contributed by atoms with Gasteiger partial charge in [-0.05, 0) is 36.8 Å². The van der Waals surface area contributed by atoms with Gasteiger partial charge in [-0.2, -0.15) is 9.61 Å². The SMILES string of the molecule is Cc1cc(-c2cnc3ccc(Cc4nnc5sc(CNCCF)nn45)cc3c2)cn1C. The molecule has 1 aromatic carbocycles. The van der Waals surface area contributed by atoms with Crippen LogP contribution in [0.2, 0.25) is 0 Å². The first-order valence-electron chi connectivity index (χ1n) is 10.1. The Kier molecular flexibility index (Phi) is 5.21. The van der Waals surface area contributed by atoms with Crippen LogP contribution in [0.25, 0.3) is 27.0 Å². The van der Waals surface area contributed by atoms with E-state index in [4.69, 9.17) is 0 Å². The lowest BCUT2D eigenvalue weighted by Crippen LogP contribution is -2.16. The Morgan fingerprint density at radius 2 is 2.03 bits per heavy atom. The summed E-state index contributed by atoms with van der Waals surface area (Å²) in [5.41, 5.74) is 5.55. The highest BCUT2D eigenvalue weighted by Gasteiger charge is 2.13. The first-order valence-corrected chi connectivity index (χ1v) is 10.9. The van der Waals surface area contributed by atoms with Crippen LogP contribution in [0.15, 0.2) is 42.7 Å². The van der Waals surface area contributed by atoms with Crippen molar-refractivity contribution in [3.8, 4) is 11.1 Å². The Balaban J connectivity index is 1.42. The second kappa shape index (κ2) is 8.16. The van der Waals surface area contributed by atoms with Crippen LogP contribution in [0.3, 0.4) is 0 Å². The molecule has 5 rings (SSSR count). The van der Waals surface area contributed by atoms with E-state index in [9.17, 15) is 4.39 Å². The summed E-state index contributed by atoms with van der Waals surface area (Å²) < 4.78 is 16.2. The van der Waals surface area contributed by atoms with E-state index >= 15 is 0 Å². The van der Waals surface area contributed by atoms with Gasteiger partial charge >= 0.3 is 0 Å². The summed E-state index contributed by atoms with van der Waals surface area (Å²) in [5.74, 6) is 0.783. The zero-order valence-electron chi connectivity index (χ0n) is 17.3. The minimum atomic E-state index is -0.391. The maximum atomic E-state index is 12.3. The largest absolute Gasteiger partial charge is 0.354 e. The number of pyridine rings is 1. The van der Waals surface area contributed by atoms with Gasteiger partial charge in [0.15, 0.2) is 5.82 Å². The average Bonchev–Trinajstić information content (AvgIpc) is 3.44. The number of rotatable bonds is 7. The zero-order valence-corrected chi connectivity index (χ0v) is 18.2. The second-order valence-corrected chi connectivity index (χ2v) is 8.62. The molecule has 5 aromatic rings. The lowest BCUT2D eigenvalue weighted by molar-refractivity contribution is 0.466. The number of aromatic nitrogens is 6. The van der Waals surface area contributed by atoms with Gasteiger partial charge < -0.3 is 9.88 Å². The number of hydrogen-bond acceptors (Lipinski definition) is 6. The van der Waals surface area contributed by atoms with Crippen LogP contribution in [0.4, 0.5) is 4.39 Å². The van der Waals surface area contributed by atoms with Gasteiger partial charge in [-0.1, -0.05) is 17.4 Å². The number of alkyl halides is 1. The molecule has 158 valence electrons. The standard InChI is InChI=1S/C22H22FN7S/c1-14-7-18(13-29(14)2)17-10-16-8-15(3-4-19(16)25-11-17)9-20-26-27-22-30(20)28-21(31-22)12-24-6-5-23/h3-4,7-8,10-11,13,24H,5-6,9,12H2,1-2H3. The van der Waals surface area contributed by atoms with Crippen molar-refractivity contribution in [1.82, 2.24) is 34.7 Å². The Morgan fingerprint density at radius 1 is 1.13 bits per heavy atom. The summed E-state index contributed by atoms with van der Waals surface area (Å²) in [4.78, 5) is 5.38. The van der Waals surface area contributed by atoms with Crippen molar-refractivity contribution in [3.63, 3.8) is 0 Å². The summed E-state index contributed by atoms with van der Waals surface area (Å²) in [6.45, 7) is 2.55. The third-order valence-corrected chi connectivity index (χ3v) is 6.24. The quantitative estimate of drug-likeness (QED) is 0.395. The molecule has 0 saturated carbocycles. The van der Waals surface area contributed by atoms with Crippen molar-refractivity contribution in [2.45, 2.75) is 19.9 Å². The predicted octanol–water partition coefficient (Wildman–Crippen LogP) is 3.70. The fourth-order valence-electron chi connectivity index (χ4n) is 3.60. The number of halogens is 1. The average molecular weight is 436 g/mol. The molecule has 1 N–H and O–H groups in total. The number of aryl methyl sites for hydroxylation is 2. The van der Waals surface area contributed by atoms with Gasteiger partial charge in [-0.15, -0.1) is 10.2 Å². The second-order valence-electron chi connectivity index (χ2n) is 7.58. The Hall–Kier alpha value is -3.17. The Labute approximate surface area is 182 Å². The molecule has 0 aliphatic rings. The maximum absolute atomic E-state index is 12.3. The molecule has 9 heteroatoms. The minimum Gasteiger partial charge on any atom is -0.354 e. The van der Waals surface area contributed by atoms with Crippen LogP contribution >= 0.6 is 11.3 Å². The third-order valence-electron chi connectivity index (χ3n) is 5.34. The highest BCUT2D eigenvalue weighted by Crippen LogP contribution is 2.25. The summed E-state index contributed by atoms with van der Waals surface area (Å²) in [7, 11) is 2.05. The normalized spacial score (nSPS) is 11.7. The van der Waals surface area contributed by atoms with Gasteiger partial charge in [0.2, 0.25) is 4.96 Å². The Morgan fingerprint density at radius 3 is 2.84 bits per heavy atom. The molecule has 4 heterocycles. The highest BCUT2D eigenvalue weighted by atomic mass is 32.1. The van der Waals surface area contributed by atoms with Gasteiger partial charge in [-0.3, -0.25) is 4.98 Å². The van der Waals surface area contributed by atoms with Crippen molar-refractivity contribution in [2.24, 2.45) is 7.05 Å². The van der Waals surface area contributed by atoms with E-state index in [1.165, 1.54) is 17.0 Å². The fourth-order valence-corrected chi connectivity index (χ4v) is 4.43. The molecule has 0 amide bonds. The van der Waals surface area contributed by atoms with E-state index in [1.807, 2.05) is 19.3 Å². The van der Waals surface area contributed by atoms with Crippen LogP contribution in [0, 0.1) is 6.92 Å². The van der Waals surface area contributed by atoms with Crippen molar-refractivity contribution < 1.29 is 4.39 Å². The van der Waals surface area contributed by atoms with Gasteiger partial charge in [-0.25, -0.2) is 4.39 Å². The lowest BCUT2D eigenvalue weighted by Gasteiger charge is -2.04. The molecule has 0 saturated heterocycles. The van der Waals surface area contributed by atoms with Gasteiger partial charge in [0.05, 0.1) is 5.52 Å². The number of nitrogens with zero attached hydrogens (tertiary/aromatic N) is 6. The van der Waals surface area contributed by atoms with Gasteiger partial charge in [0, 0.05) is 61.2 Å². The summed E-state index contributed by atoms with van der Waals surface area (Å²) in [5, 5.41) is 18.1. The minimum absolute atomic E-state index is 0.322. The van der Waals surface area contributed by atoms with Crippen molar-refractivity contribution in [3.05, 3.63) is 64.8 Å². The summed E-state index contributed by atoms with van der Waals surface area (Å²) >= 11 is 1.47. The molecule has 0 radical (unpaired) electrons. The van der Waals surface area contributed by atoms with E-state index in [1.54, 1.807) is 4.52 Å². The smallest absolute Gasteiger partial charge is 0.234 e. The van der Waals surface area contributed by atoms with Crippen LogP contribution in [0.5, 0.6) is 0 Å². The predicted molar refractivity (Wildman–Crippen MR) is 120 cm³/mol. The van der Waals surface area contributed by atoms with Crippen LogP contribution in [-0.2, 0) is 20.0 Å². The fraction of sp³-hybridized carbons (Fsp3) is 0.273. The molecule has 0 bridgehead atoms. The monoisotopic (exact) mass is 435 g/mol. The Bertz CT molecular complexity index is 1350. The molecular formula is C22H22FN7S. The molecule has 0 spiro atoms. The third kappa shape index (κ3) is 3.94. The van der Waals surface area contributed by atoms with E-state index in [-0.39, 0.29) is 0 Å². The highest BCUT2D eigenvalue weighted by molar-refractivity contribution is 7.16. The van der Waals surface area contributed by atoms with E-state index < -0.39 is 6.67 Å². The van der Waals surface area contributed by atoms with Gasteiger partial charge in [0.25, 0.3) is 0 Å². The van der Waals surface area contributed by atoms with E-state index in [2.05, 4.69) is 67.5 Å². The molecule has 4 aromatic heterocycles. The molecule has 0 aliphatic carbocycles. The number of nitrogens with one attached hydrogen (secondary N) is 1. The molecule has 0 fully saturated rings. The van der Waals surface area contributed by atoms with Gasteiger partial charge in [0.1, 0.15) is 11.7 Å². The van der Waals surface area contributed by atoms with E-state index in [0.717, 1.165) is 43.4 Å². The zero-order chi connectivity index (χ0) is 21.4. The van der Waals surface area contributed by atoms with Crippen molar-refractivity contribution in [2.75, 3.05) is 13.2 Å². The van der Waals surface area contributed by atoms with Crippen LogP contribution in [-0.4, -0.2) is 42.6 Å². The van der Waals surface area contributed by atoms with Crippen LogP contribution < -0.4 is 5.32 Å². The molecule has 0 atom stereocenters. The summed E-state index contributed by atoms with van der Waals surface area (Å²) in [6, 6.07) is 10.6. The van der Waals surface area contributed by atoms with Crippen LogP contribution in [0.1, 0.15) is 22.1 Å². The molecule has 7 nitrogen and oxygen atoms in total. The molecule has 31 heavy (non-hydrogen) atoms. The lowest BCUT2D eigenvalue weighted by atomic mass is 10.0. The first-order chi connectivity index (χ1) is 15.1. The van der Waals surface area contributed by atoms with Crippen molar-refractivity contribution in [1.29, 1.82) is 0 Å². The summed E-state index contributed by atoms with van der Waals surface area (Å²) in [6.07, 6.45) is 4.66. The molecule has 0 aliphatic heterocycles. The topological polar surface area (TPSA) is 72.9 Å². The number of hydrogen-bond donors (Lipinski definition) is 1. The molecular weight excluding hydrogens is 413 g/mol. The van der Waals surface area contributed by atoms with E-state index in [0.29, 0.717) is 19.5 Å². The number of fused-ring (bicyclic) bond motifs is 2. The van der Waals surface area contributed by atoms with Crippen molar-refractivity contribution >= 4 is 27.2 Å². The number of benzene rings is 1. The molecule has 0 unspecified atom stereocenters.